The zero-order chi connectivity index (χ0) is 17.1. The summed E-state index contributed by atoms with van der Waals surface area (Å²) in [5.41, 5.74) is 0.480. The predicted octanol–water partition coefficient (Wildman–Crippen LogP) is 1.51. The number of guanidine groups is 1. The molecule has 1 saturated heterocycles. The Kier molecular flexibility index (Phi) is 5.23. The van der Waals surface area contributed by atoms with Gasteiger partial charge in [0.2, 0.25) is 11.9 Å². The smallest absolute Gasteiger partial charge is 0.252 e. The van der Waals surface area contributed by atoms with Crippen molar-refractivity contribution in [2.45, 2.75) is 12.5 Å². The first-order valence-corrected chi connectivity index (χ1v) is 8.24. The van der Waals surface area contributed by atoms with Gasteiger partial charge in [-0.25, -0.2) is 4.99 Å². The van der Waals surface area contributed by atoms with Gasteiger partial charge in [0, 0.05) is 28.8 Å². The molecule has 7 nitrogen and oxygen atoms in total. The Hall–Kier alpha value is -1.83. The van der Waals surface area contributed by atoms with Crippen molar-refractivity contribution >= 4 is 46.7 Å². The quantitative estimate of drug-likeness (QED) is 0.844. The van der Waals surface area contributed by atoms with Gasteiger partial charge in [-0.2, -0.15) is 0 Å². The minimum Gasteiger partial charge on any atom is -0.378 e. The Bertz CT molecular complexity index is 669. The van der Waals surface area contributed by atoms with Crippen molar-refractivity contribution in [1.29, 1.82) is 0 Å². The van der Waals surface area contributed by atoms with Gasteiger partial charge in [-0.05, 0) is 18.2 Å². The Morgan fingerprint density at radius 2 is 1.96 bits per heavy atom. The molecule has 1 atom stereocenters. The summed E-state index contributed by atoms with van der Waals surface area (Å²) in [6, 6.07) is 4.00. The molecule has 1 fully saturated rings. The number of rotatable bonds is 3. The molecule has 2 aliphatic rings. The van der Waals surface area contributed by atoms with Crippen LogP contribution in [-0.2, 0) is 14.3 Å². The van der Waals surface area contributed by atoms with Crippen LogP contribution in [0.2, 0.25) is 10.0 Å². The fourth-order valence-electron chi connectivity index (χ4n) is 2.52. The second kappa shape index (κ2) is 7.38. The molecule has 128 valence electrons. The van der Waals surface area contributed by atoms with Crippen LogP contribution in [0.4, 0.5) is 5.69 Å². The van der Waals surface area contributed by atoms with Gasteiger partial charge in [0.1, 0.15) is 6.04 Å². The second-order valence-corrected chi connectivity index (χ2v) is 6.34. The molecule has 0 saturated carbocycles. The highest BCUT2D eigenvalue weighted by Crippen LogP contribution is 2.22. The van der Waals surface area contributed by atoms with Crippen molar-refractivity contribution < 1.29 is 14.3 Å². The molecule has 0 unspecified atom stereocenters. The molecule has 0 aliphatic carbocycles. The lowest BCUT2D eigenvalue weighted by Gasteiger charge is -2.27. The van der Waals surface area contributed by atoms with Gasteiger partial charge in [-0.15, -0.1) is 0 Å². The fourth-order valence-corrected chi connectivity index (χ4v) is 3.05. The average molecular weight is 371 g/mol. The molecule has 24 heavy (non-hydrogen) atoms. The third-order valence-electron chi connectivity index (χ3n) is 3.65. The molecule has 1 aromatic rings. The van der Waals surface area contributed by atoms with E-state index in [0.29, 0.717) is 48.0 Å². The van der Waals surface area contributed by atoms with E-state index in [2.05, 4.69) is 15.6 Å². The second-order valence-electron chi connectivity index (χ2n) is 5.47. The Labute approximate surface area is 149 Å². The molecular weight excluding hydrogens is 355 g/mol. The van der Waals surface area contributed by atoms with E-state index in [1.165, 1.54) is 0 Å². The van der Waals surface area contributed by atoms with Gasteiger partial charge in [0.25, 0.3) is 5.91 Å². The highest BCUT2D eigenvalue weighted by Gasteiger charge is 2.31. The highest BCUT2D eigenvalue weighted by atomic mass is 35.5. The van der Waals surface area contributed by atoms with E-state index < -0.39 is 6.04 Å². The molecule has 3 rings (SSSR count). The van der Waals surface area contributed by atoms with Crippen LogP contribution in [0.25, 0.3) is 0 Å². The number of halogens is 2. The topological polar surface area (TPSA) is 83.0 Å². The molecule has 9 heteroatoms. The predicted molar refractivity (Wildman–Crippen MR) is 91.5 cm³/mol. The van der Waals surface area contributed by atoms with Crippen molar-refractivity contribution in [3.8, 4) is 0 Å². The third kappa shape index (κ3) is 4.17. The first-order chi connectivity index (χ1) is 11.5. The summed E-state index contributed by atoms with van der Waals surface area (Å²) >= 11 is 11.8. The molecule has 2 aliphatic heterocycles. The van der Waals surface area contributed by atoms with E-state index in [1.54, 1.807) is 18.2 Å². The number of benzene rings is 1. The van der Waals surface area contributed by atoms with E-state index in [-0.39, 0.29) is 18.2 Å². The van der Waals surface area contributed by atoms with Crippen molar-refractivity contribution in [2.75, 3.05) is 31.6 Å². The monoisotopic (exact) mass is 370 g/mol. The number of nitrogens with zero attached hydrogens (tertiary/aromatic N) is 2. The Morgan fingerprint density at radius 3 is 2.62 bits per heavy atom. The Morgan fingerprint density at radius 1 is 1.29 bits per heavy atom. The molecule has 0 bridgehead atoms. The number of anilines is 1. The molecular formula is C15H16Cl2N4O3. The average Bonchev–Trinajstić information content (AvgIpc) is 2.88. The summed E-state index contributed by atoms with van der Waals surface area (Å²) in [5.74, 6) is -0.108. The Balaban J connectivity index is 1.61. The summed E-state index contributed by atoms with van der Waals surface area (Å²) in [7, 11) is 0. The van der Waals surface area contributed by atoms with E-state index in [0.717, 1.165) is 0 Å². The number of hydrogen-bond acceptors (Lipinski definition) is 5. The van der Waals surface area contributed by atoms with E-state index in [1.807, 2.05) is 4.90 Å². The SMILES string of the molecule is O=C(C[C@H]1N=C(N2CCOCC2)NC1=O)Nc1cc(Cl)cc(Cl)c1. The number of ether oxygens (including phenoxy) is 1. The summed E-state index contributed by atoms with van der Waals surface area (Å²) in [5, 5.41) is 6.24. The first kappa shape index (κ1) is 17.0. The number of carbonyl (C=O) groups is 2. The van der Waals surface area contributed by atoms with Crippen LogP contribution in [0.1, 0.15) is 6.42 Å². The number of hydrogen-bond donors (Lipinski definition) is 2. The summed E-state index contributed by atoms with van der Waals surface area (Å²) in [6.07, 6.45) is -0.0518. The summed E-state index contributed by atoms with van der Waals surface area (Å²) < 4.78 is 5.27. The molecule has 0 radical (unpaired) electrons. The van der Waals surface area contributed by atoms with Crippen molar-refractivity contribution in [2.24, 2.45) is 4.99 Å². The van der Waals surface area contributed by atoms with Crippen LogP contribution < -0.4 is 10.6 Å². The number of aliphatic imine (C=N–C) groups is 1. The molecule has 2 heterocycles. The van der Waals surface area contributed by atoms with Gasteiger partial charge in [-0.1, -0.05) is 23.2 Å². The number of carbonyl (C=O) groups excluding carboxylic acids is 2. The maximum Gasteiger partial charge on any atom is 0.252 e. The lowest BCUT2D eigenvalue weighted by molar-refractivity contribution is -0.124. The minimum absolute atomic E-state index is 0.0518. The van der Waals surface area contributed by atoms with Gasteiger partial charge < -0.3 is 15.0 Å². The minimum atomic E-state index is -0.738. The van der Waals surface area contributed by atoms with Crippen LogP contribution in [0.3, 0.4) is 0 Å². The molecule has 0 aromatic heterocycles. The standard InChI is InChI=1S/C15H16Cl2N4O3/c16-9-5-10(17)7-11(6-9)18-13(22)8-12-14(23)20-15(19-12)21-1-3-24-4-2-21/h5-7,12H,1-4,8H2,(H,18,22)(H,19,20,23)/t12-/m1/s1. The summed E-state index contributed by atoms with van der Waals surface area (Å²) in [4.78, 5) is 30.4. The lowest BCUT2D eigenvalue weighted by Crippen LogP contribution is -2.46. The largest absolute Gasteiger partial charge is 0.378 e. The first-order valence-electron chi connectivity index (χ1n) is 7.48. The van der Waals surface area contributed by atoms with Crippen LogP contribution in [-0.4, -0.2) is 55.0 Å². The van der Waals surface area contributed by atoms with Crippen molar-refractivity contribution in [3.63, 3.8) is 0 Å². The maximum absolute atomic E-state index is 12.1. The van der Waals surface area contributed by atoms with Crippen LogP contribution in [0.5, 0.6) is 0 Å². The van der Waals surface area contributed by atoms with E-state index in [9.17, 15) is 9.59 Å². The van der Waals surface area contributed by atoms with Gasteiger partial charge >= 0.3 is 0 Å². The van der Waals surface area contributed by atoms with Gasteiger partial charge in [0.15, 0.2) is 0 Å². The van der Waals surface area contributed by atoms with Crippen LogP contribution >= 0.6 is 23.2 Å². The fraction of sp³-hybridized carbons (Fsp3) is 0.400. The van der Waals surface area contributed by atoms with Crippen molar-refractivity contribution in [3.05, 3.63) is 28.2 Å². The molecule has 1 aromatic carbocycles. The summed E-state index contributed by atoms with van der Waals surface area (Å²) in [6.45, 7) is 2.52. The molecule has 0 spiro atoms. The normalized spacial score (nSPS) is 20.6. The highest BCUT2D eigenvalue weighted by molar-refractivity contribution is 6.35. The molecule has 2 amide bonds. The zero-order valence-electron chi connectivity index (χ0n) is 12.7. The zero-order valence-corrected chi connectivity index (χ0v) is 14.2. The van der Waals surface area contributed by atoms with Gasteiger partial charge in [-0.3, -0.25) is 14.9 Å². The maximum atomic E-state index is 12.1. The van der Waals surface area contributed by atoms with Crippen molar-refractivity contribution in [1.82, 2.24) is 10.2 Å². The van der Waals surface area contributed by atoms with Gasteiger partial charge in [0.05, 0.1) is 19.6 Å². The van der Waals surface area contributed by atoms with Crippen LogP contribution in [0, 0.1) is 0 Å². The van der Waals surface area contributed by atoms with E-state index >= 15 is 0 Å². The van der Waals surface area contributed by atoms with E-state index in [4.69, 9.17) is 27.9 Å². The number of nitrogens with one attached hydrogen (secondary N) is 2. The van der Waals surface area contributed by atoms with Crippen LogP contribution in [0.15, 0.2) is 23.2 Å². The lowest BCUT2D eigenvalue weighted by atomic mass is 10.2. The number of morpholine rings is 1. The number of amides is 2. The molecule has 2 N–H and O–H groups in total. The third-order valence-corrected chi connectivity index (χ3v) is 4.09.